The largest absolute Gasteiger partial charge is 0.452 e. The van der Waals surface area contributed by atoms with E-state index in [1.54, 1.807) is 29.2 Å². The number of primary amides is 1. The molecule has 0 radical (unpaired) electrons. The van der Waals surface area contributed by atoms with E-state index < -0.39 is 36.1 Å². The van der Waals surface area contributed by atoms with Gasteiger partial charge < -0.3 is 20.3 Å². The van der Waals surface area contributed by atoms with Crippen LogP contribution in [-0.2, 0) is 20.5 Å². The maximum absolute atomic E-state index is 12.9. The van der Waals surface area contributed by atoms with Crippen LogP contribution in [0.25, 0.3) is 0 Å². The van der Waals surface area contributed by atoms with Crippen LogP contribution >= 0.6 is 11.8 Å². The summed E-state index contributed by atoms with van der Waals surface area (Å²) in [4.78, 5) is 39.7. The summed E-state index contributed by atoms with van der Waals surface area (Å²) in [5.74, 6) is -1.62. The summed E-state index contributed by atoms with van der Waals surface area (Å²) in [6.45, 7) is 0.827. The minimum Gasteiger partial charge on any atom is -0.452 e. The zero-order chi connectivity index (χ0) is 24.0. The first-order chi connectivity index (χ1) is 15.6. The van der Waals surface area contributed by atoms with Crippen molar-refractivity contribution in [2.24, 2.45) is 5.73 Å². The Morgan fingerprint density at radius 2 is 1.70 bits per heavy atom. The molecule has 2 N–H and O–H groups in total. The van der Waals surface area contributed by atoms with Gasteiger partial charge in [-0.2, -0.15) is 13.2 Å². The third-order valence-electron chi connectivity index (χ3n) is 4.97. The molecule has 11 heteroatoms. The molecule has 3 rings (SSSR count). The van der Waals surface area contributed by atoms with E-state index in [4.69, 9.17) is 10.5 Å². The first-order valence-electron chi connectivity index (χ1n) is 10.0. The number of ether oxygens (including phenoxy) is 1. The molecule has 0 atom stereocenters. The van der Waals surface area contributed by atoms with Gasteiger partial charge in [0.25, 0.3) is 5.91 Å². The highest BCUT2D eigenvalue weighted by Gasteiger charge is 2.31. The van der Waals surface area contributed by atoms with Gasteiger partial charge in [-0.3, -0.25) is 9.59 Å². The maximum Gasteiger partial charge on any atom is 0.416 e. The van der Waals surface area contributed by atoms with Gasteiger partial charge in [0.05, 0.1) is 16.9 Å². The number of carbonyl (C=O) groups excluding carboxylic acids is 3. The Morgan fingerprint density at radius 1 is 1.00 bits per heavy atom. The van der Waals surface area contributed by atoms with Crippen LogP contribution in [0.4, 0.5) is 18.9 Å². The van der Waals surface area contributed by atoms with E-state index in [0.717, 1.165) is 23.9 Å². The first kappa shape index (κ1) is 24.4. The topological polar surface area (TPSA) is 92.9 Å². The van der Waals surface area contributed by atoms with Crippen LogP contribution in [0.2, 0.25) is 0 Å². The number of rotatable bonds is 7. The van der Waals surface area contributed by atoms with Gasteiger partial charge >= 0.3 is 12.1 Å². The normalized spacial score (nSPS) is 14.2. The van der Waals surface area contributed by atoms with Crippen molar-refractivity contribution in [3.8, 4) is 0 Å². The molecule has 0 unspecified atom stereocenters. The summed E-state index contributed by atoms with van der Waals surface area (Å²) >= 11 is 1.10. The molecule has 2 aromatic rings. The Bertz CT molecular complexity index is 1020. The molecule has 1 heterocycles. The molecular formula is C22H22F3N3O4S. The number of hydrogen-bond donors (Lipinski definition) is 1. The predicted octanol–water partition coefficient (Wildman–Crippen LogP) is 2.79. The molecule has 0 saturated carbocycles. The number of thioether (sulfide) groups is 1. The molecule has 0 bridgehead atoms. The average Bonchev–Trinajstić information content (AvgIpc) is 2.81. The van der Waals surface area contributed by atoms with Crippen molar-refractivity contribution in [3.05, 3.63) is 59.7 Å². The Hall–Kier alpha value is -3.21. The van der Waals surface area contributed by atoms with Crippen molar-refractivity contribution >= 4 is 35.2 Å². The van der Waals surface area contributed by atoms with E-state index >= 15 is 0 Å². The van der Waals surface area contributed by atoms with Crippen LogP contribution in [-0.4, -0.2) is 61.2 Å². The van der Waals surface area contributed by atoms with Crippen LogP contribution in [0.1, 0.15) is 15.9 Å². The van der Waals surface area contributed by atoms with Crippen LogP contribution < -0.4 is 10.6 Å². The van der Waals surface area contributed by atoms with Crippen molar-refractivity contribution in [2.75, 3.05) is 43.4 Å². The van der Waals surface area contributed by atoms with Crippen LogP contribution in [0.15, 0.2) is 53.4 Å². The number of nitrogens with zero attached hydrogens (tertiary/aromatic N) is 2. The van der Waals surface area contributed by atoms with Gasteiger partial charge in [0.15, 0.2) is 6.61 Å². The lowest BCUT2D eigenvalue weighted by atomic mass is 10.1. The number of carbonyl (C=O) groups is 3. The molecular weight excluding hydrogens is 459 g/mol. The van der Waals surface area contributed by atoms with E-state index in [0.29, 0.717) is 23.7 Å². The second-order valence-electron chi connectivity index (χ2n) is 7.24. The van der Waals surface area contributed by atoms with Crippen molar-refractivity contribution in [1.29, 1.82) is 0 Å². The lowest BCUT2D eigenvalue weighted by Crippen LogP contribution is -2.50. The van der Waals surface area contributed by atoms with Gasteiger partial charge in [0, 0.05) is 36.8 Å². The fourth-order valence-corrected chi connectivity index (χ4v) is 4.08. The summed E-state index contributed by atoms with van der Waals surface area (Å²) in [5.41, 5.74) is 5.08. The summed E-state index contributed by atoms with van der Waals surface area (Å²) < 4.78 is 44.0. The SMILES string of the molecule is NC(=O)CSc1ccccc1C(=O)OCC(=O)N1CCN(c2cccc(C(F)(F)F)c2)CC1. The number of esters is 1. The highest BCUT2D eigenvalue weighted by Crippen LogP contribution is 2.32. The fraction of sp³-hybridized carbons (Fsp3) is 0.318. The monoisotopic (exact) mass is 481 g/mol. The number of alkyl halides is 3. The Labute approximate surface area is 192 Å². The molecule has 33 heavy (non-hydrogen) atoms. The molecule has 0 aromatic heterocycles. The fourth-order valence-electron chi connectivity index (χ4n) is 3.30. The van der Waals surface area contributed by atoms with Crippen LogP contribution in [0, 0.1) is 0 Å². The molecule has 1 aliphatic rings. The van der Waals surface area contributed by atoms with Gasteiger partial charge in [0.2, 0.25) is 5.91 Å². The molecule has 0 aliphatic carbocycles. The van der Waals surface area contributed by atoms with Crippen molar-refractivity contribution < 1.29 is 32.3 Å². The molecule has 1 fully saturated rings. The summed E-state index contributed by atoms with van der Waals surface area (Å²) in [6, 6.07) is 11.6. The highest BCUT2D eigenvalue weighted by atomic mass is 32.2. The van der Waals surface area contributed by atoms with E-state index in [2.05, 4.69) is 0 Å². The lowest BCUT2D eigenvalue weighted by molar-refractivity contribution is -0.137. The third-order valence-corrected chi connectivity index (χ3v) is 6.07. The molecule has 1 saturated heterocycles. The van der Waals surface area contributed by atoms with Gasteiger partial charge in [-0.1, -0.05) is 18.2 Å². The smallest absolute Gasteiger partial charge is 0.416 e. The number of anilines is 1. The maximum atomic E-state index is 12.9. The number of benzene rings is 2. The number of nitrogens with two attached hydrogens (primary N) is 1. The predicted molar refractivity (Wildman–Crippen MR) is 117 cm³/mol. The van der Waals surface area contributed by atoms with E-state index in [1.165, 1.54) is 17.0 Å². The van der Waals surface area contributed by atoms with Crippen molar-refractivity contribution in [2.45, 2.75) is 11.1 Å². The van der Waals surface area contributed by atoms with E-state index in [-0.39, 0.29) is 24.4 Å². The number of hydrogen-bond acceptors (Lipinski definition) is 6. The van der Waals surface area contributed by atoms with Crippen LogP contribution in [0.5, 0.6) is 0 Å². The van der Waals surface area contributed by atoms with Gasteiger partial charge in [0.1, 0.15) is 0 Å². The minimum atomic E-state index is -4.42. The molecule has 1 aliphatic heterocycles. The number of amides is 2. The van der Waals surface area contributed by atoms with Gasteiger partial charge in [-0.25, -0.2) is 4.79 Å². The Morgan fingerprint density at radius 3 is 2.36 bits per heavy atom. The number of halogens is 3. The highest BCUT2D eigenvalue weighted by molar-refractivity contribution is 8.00. The average molecular weight is 481 g/mol. The first-order valence-corrected chi connectivity index (χ1v) is 11.0. The molecule has 0 spiro atoms. The van der Waals surface area contributed by atoms with Gasteiger partial charge in [-0.05, 0) is 30.3 Å². The quantitative estimate of drug-likeness (QED) is 0.483. The van der Waals surface area contributed by atoms with Crippen molar-refractivity contribution in [3.63, 3.8) is 0 Å². The Kier molecular flexibility index (Phi) is 7.85. The standard InChI is InChI=1S/C22H22F3N3O4S/c23-22(24,25)15-4-3-5-16(12-15)27-8-10-28(11-9-27)20(30)13-32-21(31)17-6-1-2-7-18(17)33-14-19(26)29/h1-7,12H,8-11,13-14H2,(H2,26,29). The Balaban J connectivity index is 1.52. The van der Waals surface area contributed by atoms with E-state index in [9.17, 15) is 27.6 Å². The minimum absolute atomic E-state index is 0.000615. The molecule has 2 aromatic carbocycles. The summed E-state index contributed by atoms with van der Waals surface area (Å²) in [5, 5.41) is 0. The lowest BCUT2D eigenvalue weighted by Gasteiger charge is -2.36. The zero-order valence-electron chi connectivity index (χ0n) is 17.5. The molecule has 176 valence electrons. The summed E-state index contributed by atoms with van der Waals surface area (Å²) in [6.07, 6.45) is -4.42. The molecule has 7 nitrogen and oxygen atoms in total. The van der Waals surface area contributed by atoms with Crippen molar-refractivity contribution in [1.82, 2.24) is 4.90 Å². The zero-order valence-corrected chi connectivity index (χ0v) is 18.3. The van der Waals surface area contributed by atoms with E-state index in [1.807, 2.05) is 0 Å². The second-order valence-corrected chi connectivity index (χ2v) is 8.26. The summed E-state index contributed by atoms with van der Waals surface area (Å²) in [7, 11) is 0. The van der Waals surface area contributed by atoms with Gasteiger partial charge in [-0.15, -0.1) is 11.8 Å². The second kappa shape index (κ2) is 10.6. The molecule has 2 amide bonds. The third kappa shape index (κ3) is 6.64. The van der Waals surface area contributed by atoms with Crippen LogP contribution in [0.3, 0.4) is 0 Å². The number of piperazine rings is 1.